The Morgan fingerprint density at radius 2 is 1.27 bits per heavy atom. The third-order valence-corrected chi connectivity index (χ3v) is 8.63. The number of nitrogens with zero attached hydrogens (tertiary/aromatic N) is 2. The lowest BCUT2D eigenvalue weighted by Crippen LogP contribution is -2.01. The van der Waals surface area contributed by atoms with E-state index in [4.69, 9.17) is 10.2 Å². The summed E-state index contributed by atoms with van der Waals surface area (Å²) in [6.45, 7) is 1.95. The van der Waals surface area contributed by atoms with E-state index in [9.17, 15) is 0 Å². The van der Waals surface area contributed by atoms with Gasteiger partial charge in [0.2, 0.25) is 0 Å². The van der Waals surface area contributed by atoms with Crippen LogP contribution >= 0.6 is 0 Å². The Morgan fingerprint density at radius 3 is 1.89 bits per heavy atom. The molecule has 0 fully saturated rings. The molecule has 0 aliphatic rings. The molecule has 0 spiro atoms. The van der Waals surface area contributed by atoms with Crippen molar-refractivity contribution in [3.63, 3.8) is 0 Å². The van der Waals surface area contributed by atoms with E-state index in [0.29, 0.717) is 23.4 Å². The van der Waals surface area contributed by atoms with Gasteiger partial charge in [-0.1, -0.05) is 97.1 Å². The van der Waals surface area contributed by atoms with E-state index in [-0.39, 0.29) is 0 Å². The van der Waals surface area contributed by atoms with Crippen LogP contribution in [-0.2, 0) is 6.42 Å². The van der Waals surface area contributed by atoms with Gasteiger partial charge in [0.15, 0.2) is 11.3 Å². The van der Waals surface area contributed by atoms with Crippen molar-refractivity contribution >= 4 is 44.7 Å². The minimum atomic E-state index is 0.573. The molecule has 4 heteroatoms. The van der Waals surface area contributed by atoms with Crippen LogP contribution in [0.4, 0.5) is 5.69 Å². The van der Waals surface area contributed by atoms with E-state index in [2.05, 4.69) is 131 Å². The summed E-state index contributed by atoms with van der Waals surface area (Å²) >= 11 is 0. The van der Waals surface area contributed by atoms with Crippen LogP contribution in [-0.4, -0.2) is 9.55 Å². The molecule has 4 nitrogen and oxygen atoms in total. The highest BCUT2D eigenvalue weighted by molar-refractivity contribution is 6.11. The van der Waals surface area contributed by atoms with Crippen LogP contribution in [0.3, 0.4) is 0 Å². The number of para-hydroxylation sites is 1. The zero-order valence-corrected chi connectivity index (χ0v) is 24.9. The number of allylic oxidation sites excluding steroid dienone is 1. The zero-order chi connectivity index (χ0) is 30.3. The lowest BCUT2D eigenvalue weighted by atomic mass is 10.0. The van der Waals surface area contributed by atoms with Gasteiger partial charge in [0.1, 0.15) is 11.2 Å². The van der Waals surface area contributed by atoms with Gasteiger partial charge >= 0.3 is 0 Å². The molecule has 5 aromatic carbocycles. The van der Waals surface area contributed by atoms with Crippen LogP contribution in [0.1, 0.15) is 23.8 Å². The number of nitrogen functional groups attached to an aromatic ring is 1. The third-order valence-electron chi connectivity index (χ3n) is 8.63. The number of pyridine rings is 1. The van der Waals surface area contributed by atoms with Gasteiger partial charge in [-0.05, 0) is 77.2 Å². The Hall–Kier alpha value is -5.87. The fourth-order valence-corrected chi connectivity index (χ4v) is 6.48. The van der Waals surface area contributed by atoms with Gasteiger partial charge in [-0.15, -0.1) is 0 Å². The van der Waals surface area contributed by atoms with Crippen LogP contribution in [0.5, 0.6) is 0 Å². The molecule has 216 valence electrons. The van der Waals surface area contributed by atoms with Gasteiger partial charge in [0.25, 0.3) is 0 Å². The van der Waals surface area contributed by atoms with Crippen molar-refractivity contribution in [3.05, 3.63) is 157 Å². The minimum absolute atomic E-state index is 0.573. The quantitative estimate of drug-likeness (QED) is 0.212. The van der Waals surface area contributed by atoms with Crippen LogP contribution in [0.15, 0.2) is 144 Å². The van der Waals surface area contributed by atoms with Crippen LogP contribution < -0.4 is 5.73 Å². The Morgan fingerprint density at radius 1 is 0.667 bits per heavy atom. The van der Waals surface area contributed by atoms with Gasteiger partial charge in [0, 0.05) is 34.6 Å². The number of furan rings is 1. The van der Waals surface area contributed by atoms with Gasteiger partial charge in [-0.25, -0.2) is 0 Å². The molecule has 0 bridgehead atoms. The molecular formula is C41H31N3O. The van der Waals surface area contributed by atoms with Crippen molar-refractivity contribution in [1.82, 2.24) is 9.55 Å². The predicted molar refractivity (Wildman–Crippen MR) is 188 cm³/mol. The third kappa shape index (κ3) is 4.59. The van der Waals surface area contributed by atoms with E-state index < -0.39 is 0 Å². The summed E-state index contributed by atoms with van der Waals surface area (Å²) in [7, 11) is 0. The van der Waals surface area contributed by atoms with Gasteiger partial charge in [-0.3, -0.25) is 4.98 Å². The molecule has 0 atom stereocenters. The van der Waals surface area contributed by atoms with Crippen molar-refractivity contribution in [2.24, 2.45) is 0 Å². The van der Waals surface area contributed by atoms with Gasteiger partial charge < -0.3 is 14.7 Å². The molecule has 0 saturated carbocycles. The average molecular weight is 582 g/mol. The molecule has 0 aliphatic carbocycles. The maximum absolute atomic E-state index is 6.42. The average Bonchev–Trinajstić information content (AvgIpc) is 3.60. The standard InChI is InChI=1S/C41H31N3O/c1-2-11-38-39(42)40-41(45-38)32(22-23-43-40)24-31-16-9-10-17-35(31)44-36-20-18-29(27-12-5-3-6-13-27)25-33(36)34-26-30(19-21-37(34)44)28-14-7-4-8-15-28/h2-23,25-26H,24,42H2,1H3/b11-2-. The zero-order valence-electron chi connectivity index (χ0n) is 24.9. The maximum Gasteiger partial charge on any atom is 0.158 e. The van der Waals surface area contributed by atoms with E-state index >= 15 is 0 Å². The normalized spacial score (nSPS) is 11.8. The van der Waals surface area contributed by atoms with Crippen LogP contribution in [0.2, 0.25) is 0 Å². The van der Waals surface area contributed by atoms with Gasteiger partial charge in [-0.2, -0.15) is 0 Å². The molecule has 2 N–H and O–H groups in total. The lowest BCUT2D eigenvalue weighted by molar-refractivity contribution is 0.601. The highest BCUT2D eigenvalue weighted by atomic mass is 16.3. The smallest absolute Gasteiger partial charge is 0.158 e. The molecule has 0 saturated heterocycles. The van der Waals surface area contributed by atoms with E-state index in [1.807, 2.05) is 31.3 Å². The van der Waals surface area contributed by atoms with E-state index in [1.54, 1.807) is 0 Å². The SMILES string of the molecule is C/C=C\c1oc2c(Cc3ccccc3-n3c4ccc(-c5ccccc5)cc4c4cc(-c5ccccc5)ccc43)ccnc2c1N. The van der Waals surface area contributed by atoms with E-state index in [0.717, 1.165) is 16.8 Å². The number of anilines is 1. The molecule has 3 aromatic heterocycles. The number of nitrogens with two attached hydrogens (primary N) is 1. The number of benzene rings is 5. The van der Waals surface area contributed by atoms with Crippen molar-refractivity contribution in [2.45, 2.75) is 13.3 Å². The lowest BCUT2D eigenvalue weighted by Gasteiger charge is -2.14. The van der Waals surface area contributed by atoms with Crippen LogP contribution in [0.25, 0.3) is 66.9 Å². The highest BCUT2D eigenvalue weighted by Gasteiger charge is 2.19. The summed E-state index contributed by atoms with van der Waals surface area (Å²) in [6, 6.07) is 45.5. The second-order valence-electron chi connectivity index (χ2n) is 11.4. The summed E-state index contributed by atoms with van der Waals surface area (Å²) < 4.78 is 8.65. The van der Waals surface area contributed by atoms with Gasteiger partial charge in [0.05, 0.1) is 11.0 Å². The topological polar surface area (TPSA) is 57.0 Å². The number of hydrogen-bond donors (Lipinski definition) is 1. The molecule has 45 heavy (non-hydrogen) atoms. The fraction of sp³-hybridized carbons (Fsp3) is 0.0488. The second-order valence-corrected chi connectivity index (χ2v) is 11.4. The van der Waals surface area contributed by atoms with Crippen molar-refractivity contribution in [2.75, 3.05) is 5.73 Å². The molecule has 0 radical (unpaired) electrons. The summed E-state index contributed by atoms with van der Waals surface area (Å²) in [5.41, 5.74) is 18.9. The monoisotopic (exact) mass is 581 g/mol. The maximum atomic E-state index is 6.42. The summed E-state index contributed by atoms with van der Waals surface area (Å²) in [5, 5.41) is 2.44. The number of rotatable bonds is 6. The van der Waals surface area contributed by atoms with Crippen molar-refractivity contribution < 1.29 is 4.42 Å². The van der Waals surface area contributed by atoms with Crippen molar-refractivity contribution in [3.8, 4) is 27.9 Å². The van der Waals surface area contributed by atoms with Crippen LogP contribution in [0, 0.1) is 0 Å². The molecule has 3 heterocycles. The largest absolute Gasteiger partial charge is 0.452 e. The molecule has 0 aliphatic heterocycles. The Bertz CT molecular complexity index is 2270. The molecule has 0 amide bonds. The fourth-order valence-electron chi connectivity index (χ4n) is 6.48. The Balaban J connectivity index is 1.34. The number of aromatic nitrogens is 2. The molecule has 0 unspecified atom stereocenters. The van der Waals surface area contributed by atoms with Crippen molar-refractivity contribution in [1.29, 1.82) is 0 Å². The second kappa shape index (κ2) is 11.0. The highest BCUT2D eigenvalue weighted by Crippen LogP contribution is 2.39. The van der Waals surface area contributed by atoms with E-state index in [1.165, 1.54) is 49.6 Å². The number of fused-ring (bicyclic) bond motifs is 4. The first-order chi connectivity index (χ1) is 22.2. The molecule has 8 rings (SSSR count). The summed E-state index contributed by atoms with van der Waals surface area (Å²) in [6.07, 6.45) is 6.31. The Kier molecular flexibility index (Phi) is 6.54. The first-order valence-corrected chi connectivity index (χ1v) is 15.3. The first-order valence-electron chi connectivity index (χ1n) is 15.3. The minimum Gasteiger partial charge on any atom is -0.452 e. The Labute approximate surface area is 261 Å². The number of hydrogen-bond acceptors (Lipinski definition) is 3. The first kappa shape index (κ1) is 26.7. The summed E-state index contributed by atoms with van der Waals surface area (Å²) in [5.74, 6) is 0.645. The molecule has 8 aromatic rings. The molecular weight excluding hydrogens is 550 g/mol. The predicted octanol–water partition coefficient (Wildman–Crippen LogP) is 10.5. The summed E-state index contributed by atoms with van der Waals surface area (Å²) in [4.78, 5) is 4.55.